The summed E-state index contributed by atoms with van der Waals surface area (Å²) in [7, 11) is 0. The van der Waals surface area contributed by atoms with Gasteiger partial charge in [0, 0.05) is 5.56 Å². The molecular formula is C11H13N3O3. The average Bonchev–Trinajstić information content (AvgIpc) is 2.49. The number of hydrogen-bond acceptors (Lipinski definition) is 5. The van der Waals surface area contributed by atoms with Gasteiger partial charge in [-0.15, -0.1) is 0 Å². The van der Waals surface area contributed by atoms with Gasteiger partial charge < -0.3 is 20.1 Å². The Balaban J connectivity index is 1.95. The highest BCUT2D eigenvalue weighted by Crippen LogP contribution is 2.25. The number of fused-ring (bicyclic) bond motifs is 2. The van der Waals surface area contributed by atoms with Crippen LogP contribution >= 0.6 is 0 Å². The Morgan fingerprint density at radius 2 is 2.35 bits per heavy atom. The van der Waals surface area contributed by atoms with E-state index >= 15 is 0 Å². The molecule has 0 aliphatic carbocycles. The van der Waals surface area contributed by atoms with E-state index in [0.29, 0.717) is 31.3 Å². The van der Waals surface area contributed by atoms with E-state index in [0.717, 1.165) is 5.56 Å². The lowest BCUT2D eigenvalue weighted by atomic mass is 10.2. The van der Waals surface area contributed by atoms with Crippen molar-refractivity contribution in [2.75, 3.05) is 25.6 Å². The van der Waals surface area contributed by atoms with Crippen LogP contribution in [0.2, 0.25) is 0 Å². The molecule has 0 radical (unpaired) electrons. The van der Waals surface area contributed by atoms with Gasteiger partial charge in [0.2, 0.25) is 11.8 Å². The third-order valence-corrected chi connectivity index (χ3v) is 3.00. The number of carbonyl (C=O) groups is 1. The van der Waals surface area contributed by atoms with Crippen LogP contribution in [0.15, 0.2) is 12.3 Å². The normalized spacial score (nSPS) is 23.4. The summed E-state index contributed by atoms with van der Waals surface area (Å²) in [5.74, 6) is 0.543. The summed E-state index contributed by atoms with van der Waals surface area (Å²) in [6, 6.07) is 1.76. The highest BCUT2D eigenvalue weighted by atomic mass is 16.5. The molecule has 90 valence electrons. The monoisotopic (exact) mass is 235 g/mol. The van der Waals surface area contributed by atoms with Crippen molar-refractivity contribution >= 4 is 11.6 Å². The molecule has 6 heteroatoms. The van der Waals surface area contributed by atoms with Crippen molar-refractivity contribution in [2.24, 2.45) is 0 Å². The molecule has 2 N–H and O–H groups in total. The first-order chi connectivity index (χ1) is 8.24. The number of ether oxygens (including phenoxy) is 2. The van der Waals surface area contributed by atoms with Gasteiger partial charge in [-0.05, 0) is 6.07 Å². The van der Waals surface area contributed by atoms with Crippen LogP contribution in [0.25, 0.3) is 0 Å². The number of anilines is 1. The van der Waals surface area contributed by atoms with Gasteiger partial charge in [0.25, 0.3) is 0 Å². The first-order valence-corrected chi connectivity index (χ1v) is 5.48. The SMILES string of the molecule is Nc1cnc2c(c1)CN1C(=O)COC[C@H]1CO2. The lowest BCUT2D eigenvalue weighted by Crippen LogP contribution is -2.50. The van der Waals surface area contributed by atoms with Crippen molar-refractivity contribution in [3.63, 3.8) is 0 Å². The summed E-state index contributed by atoms with van der Waals surface area (Å²) < 4.78 is 10.8. The first kappa shape index (κ1) is 10.3. The fourth-order valence-electron chi connectivity index (χ4n) is 2.13. The van der Waals surface area contributed by atoms with Crippen LogP contribution in [0.3, 0.4) is 0 Å². The van der Waals surface area contributed by atoms with E-state index in [-0.39, 0.29) is 18.6 Å². The fraction of sp³-hybridized carbons (Fsp3) is 0.455. The molecule has 0 aromatic carbocycles. The summed E-state index contributed by atoms with van der Waals surface area (Å²) in [5, 5.41) is 0. The van der Waals surface area contributed by atoms with E-state index < -0.39 is 0 Å². The van der Waals surface area contributed by atoms with E-state index in [9.17, 15) is 4.79 Å². The summed E-state index contributed by atoms with van der Waals surface area (Å²) in [6.45, 7) is 1.55. The zero-order valence-electron chi connectivity index (χ0n) is 9.26. The number of rotatable bonds is 0. The standard InChI is InChI=1S/C11H13N3O3/c12-8-1-7-3-14-9(4-16-6-10(14)15)5-17-11(7)13-2-8/h1-2,9H,3-6,12H2/t9-/m0/s1. The topological polar surface area (TPSA) is 77.7 Å². The fourth-order valence-corrected chi connectivity index (χ4v) is 2.13. The van der Waals surface area contributed by atoms with Crippen LogP contribution in [-0.4, -0.2) is 41.7 Å². The van der Waals surface area contributed by atoms with Crippen molar-refractivity contribution in [1.29, 1.82) is 0 Å². The summed E-state index contributed by atoms with van der Waals surface area (Å²) in [5.41, 5.74) is 7.11. The number of hydrogen-bond donors (Lipinski definition) is 1. The van der Waals surface area contributed by atoms with Crippen molar-refractivity contribution < 1.29 is 14.3 Å². The smallest absolute Gasteiger partial charge is 0.249 e. The Hall–Kier alpha value is -1.82. The van der Waals surface area contributed by atoms with E-state index in [1.807, 2.05) is 0 Å². The van der Waals surface area contributed by atoms with E-state index in [2.05, 4.69) is 4.98 Å². The van der Waals surface area contributed by atoms with Gasteiger partial charge in [0.1, 0.15) is 13.2 Å². The quantitative estimate of drug-likeness (QED) is 0.673. The molecule has 0 unspecified atom stereocenters. The van der Waals surface area contributed by atoms with E-state index in [4.69, 9.17) is 15.2 Å². The van der Waals surface area contributed by atoms with Gasteiger partial charge in [-0.2, -0.15) is 0 Å². The minimum absolute atomic E-state index is 0.0138. The van der Waals surface area contributed by atoms with Crippen molar-refractivity contribution in [3.8, 4) is 5.88 Å². The molecule has 1 atom stereocenters. The van der Waals surface area contributed by atoms with Crippen molar-refractivity contribution in [2.45, 2.75) is 12.6 Å². The molecule has 1 aromatic heterocycles. The van der Waals surface area contributed by atoms with Gasteiger partial charge in [-0.3, -0.25) is 4.79 Å². The zero-order valence-corrected chi connectivity index (χ0v) is 9.26. The second-order valence-electron chi connectivity index (χ2n) is 4.23. The van der Waals surface area contributed by atoms with E-state index in [1.54, 1.807) is 17.2 Å². The molecule has 0 spiro atoms. The number of nitrogen functional groups attached to an aromatic ring is 1. The summed E-state index contributed by atoms with van der Waals surface area (Å²) >= 11 is 0. The van der Waals surface area contributed by atoms with Crippen LogP contribution < -0.4 is 10.5 Å². The number of nitrogens with zero attached hydrogens (tertiary/aromatic N) is 2. The molecule has 1 fully saturated rings. The van der Waals surface area contributed by atoms with Crippen LogP contribution in [0.4, 0.5) is 5.69 Å². The third kappa shape index (κ3) is 1.80. The number of aromatic nitrogens is 1. The molecule has 1 saturated heterocycles. The molecular weight excluding hydrogens is 222 g/mol. The molecule has 3 rings (SSSR count). The van der Waals surface area contributed by atoms with Gasteiger partial charge >= 0.3 is 0 Å². The molecule has 6 nitrogen and oxygen atoms in total. The van der Waals surface area contributed by atoms with Gasteiger partial charge in [0.15, 0.2) is 0 Å². The van der Waals surface area contributed by atoms with Crippen LogP contribution in [0.5, 0.6) is 5.88 Å². The average molecular weight is 235 g/mol. The summed E-state index contributed by atoms with van der Waals surface area (Å²) in [4.78, 5) is 17.7. The summed E-state index contributed by atoms with van der Waals surface area (Å²) in [6.07, 6.45) is 1.56. The predicted molar refractivity (Wildman–Crippen MR) is 59.3 cm³/mol. The number of morpholine rings is 1. The Bertz CT molecular complexity index is 463. The minimum atomic E-state index is -0.0355. The Morgan fingerprint density at radius 3 is 3.24 bits per heavy atom. The van der Waals surface area contributed by atoms with Gasteiger partial charge in [-0.1, -0.05) is 0 Å². The maximum absolute atomic E-state index is 11.8. The number of nitrogens with two attached hydrogens (primary N) is 1. The molecule has 17 heavy (non-hydrogen) atoms. The molecule has 3 heterocycles. The number of carbonyl (C=O) groups excluding carboxylic acids is 1. The largest absolute Gasteiger partial charge is 0.475 e. The molecule has 1 amide bonds. The lowest BCUT2D eigenvalue weighted by Gasteiger charge is -2.32. The minimum Gasteiger partial charge on any atom is -0.475 e. The molecule has 0 saturated carbocycles. The van der Waals surface area contributed by atoms with Gasteiger partial charge in [-0.25, -0.2) is 4.98 Å². The molecule has 2 aliphatic rings. The maximum atomic E-state index is 11.8. The number of amides is 1. The highest BCUT2D eigenvalue weighted by molar-refractivity contribution is 5.78. The molecule has 1 aromatic rings. The predicted octanol–water partition coefficient (Wildman–Crippen LogP) is -0.216. The van der Waals surface area contributed by atoms with Crippen LogP contribution in [0, 0.1) is 0 Å². The molecule has 2 aliphatic heterocycles. The highest BCUT2D eigenvalue weighted by Gasteiger charge is 2.32. The first-order valence-electron chi connectivity index (χ1n) is 5.48. The third-order valence-electron chi connectivity index (χ3n) is 3.00. The van der Waals surface area contributed by atoms with E-state index in [1.165, 1.54) is 0 Å². The van der Waals surface area contributed by atoms with Crippen molar-refractivity contribution in [1.82, 2.24) is 9.88 Å². The second-order valence-corrected chi connectivity index (χ2v) is 4.23. The Kier molecular flexibility index (Phi) is 2.36. The Labute approximate surface area is 98.3 Å². The second kappa shape index (κ2) is 3.89. The zero-order chi connectivity index (χ0) is 11.8. The van der Waals surface area contributed by atoms with Crippen LogP contribution in [-0.2, 0) is 16.1 Å². The van der Waals surface area contributed by atoms with Crippen molar-refractivity contribution in [3.05, 3.63) is 17.8 Å². The molecule has 0 bridgehead atoms. The number of pyridine rings is 1. The van der Waals surface area contributed by atoms with Gasteiger partial charge in [0.05, 0.1) is 31.1 Å². The lowest BCUT2D eigenvalue weighted by molar-refractivity contribution is -0.149. The Morgan fingerprint density at radius 1 is 1.47 bits per heavy atom. The van der Waals surface area contributed by atoms with Crippen LogP contribution in [0.1, 0.15) is 5.56 Å². The maximum Gasteiger partial charge on any atom is 0.249 e.